The van der Waals surface area contributed by atoms with Crippen LogP contribution in [-0.2, 0) is 18.4 Å². The van der Waals surface area contributed by atoms with E-state index in [1.54, 1.807) is 16.5 Å². The first-order valence-corrected chi connectivity index (χ1v) is 10.3. The van der Waals surface area contributed by atoms with Crippen LogP contribution in [0.25, 0.3) is 0 Å². The highest BCUT2D eigenvalue weighted by Gasteiger charge is 2.36. The SMILES string of the molecule is CCC(CC)(Cc1nc(=O)c(O)c2n1C[C@H](C)N(C)C2=O)c1cc(C)cc(C)c1. The molecule has 3 rings (SSSR count). The molecule has 1 aromatic heterocycles. The number of amides is 1. The van der Waals surface area contributed by atoms with Crippen molar-refractivity contribution in [3.05, 3.63) is 56.8 Å². The normalized spacial score (nSPS) is 16.8. The first-order valence-electron chi connectivity index (χ1n) is 10.3. The van der Waals surface area contributed by atoms with Crippen molar-refractivity contribution in [2.45, 2.75) is 71.9 Å². The molecule has 6 heteroatoms. The van der Waals surface area contributed by atoms with Crippen molar-refractivity contribution in [3.63, 3.8) is 0 Å². The molecule has 0 saturated carbocycles. The molecule has 1 aromatic carbocycles. The summed E-state index contributed by atoms with van der Waals surface area (Å²) in [5.74, 6) is -0.326. The van der Waals surface area contributed by atoms with E-state index in [1.165, 1.54) is 16.7 Å². The first kappa shape index (κ1) is 21.1. The smallest absolute Gasteiger partial charge is 0.315 e. The third-order valence-electron chi connectivity index (χ3n) is 6.55. The van der Waals surface area contributed by atoms with Gasteiger partial charge in [-0.1, -0.05) is 43.2 Å². The van der Waals surface area contributed by atoms with Gasteiger partial charge in [0, 0.05) is 31.5 Å². The largest absolute Gasteiger partial charge is 0.501 e. The second-order valence-corrected chi connectivity index (χ2v) is 8.45. The van der Waals surface area contributed by atoms with Gasteiger partial charge in [0.2, 0.25) is 5.75 Å². The molecule has 6 nitrogen and oxygen atoms in total. The minimum Gasteiger partial charge on any atom is -0.501 e. The number of hydrogen-bond donors (Lipinski definition) is 1. The van der Waals surface area contributed by atoms with Crippen molar-refractivity contribution in [1.82, 2.24) is 14.5 Å². The lowest BCUT2D eigenvalue weighted by Gasteiger charge is -2.37. The number of rotatable bonds is 5. The number of fused-ring (bicyclic) bond motifs is 1. The highest BCUT2D eigenvalue weighted by molar-refractivity contribution is 5.95. The Morgan fingerprint density at radius 1 is 1.14 bits per heavy atom. The lowest BCUT2D eigenvalue weighted by atomic mass is 9.72. The van der Waals surface area contributed by atoms with Gasteiger partial charge in [0.15, 0.2) is 5.69 Å². The summed E-state index contributed by atoms with van der Waals surface area (Å²) < 4.78 is 1.76. The Labute approximate surface area is 172 Å². The van der Waals surface area contributed by atoms with E-state index >= 15 is 0 Å². The van der Waals surface area contributed by atoms with Gasteiger partial charge in [0.05, 0.1) is 0 Å². The van der Waals surface area contributed by atoms with Gasteiger partial charge in [0.1, 0.15) is 5.82 Å². The summed E-state index contributed by atoms with van der Waals surface area (Å²) in [6.07, 6.45) is 2.29. The van der Waals surface area contributed by atoms with Crippen molar-refractivity contribution in [2.75, 3.05) is 7.05 Å². The lowest BCUT2D eigenvalue weighted by molar-refractivity contribution is 0.0660. The number of carbonyl (C=O) groups excluding carboxylic acids is 1. The predicted octanol–water partition coefficient (Wildman–Crippen LogP) is 3.34. The molecule has 0 radical (unpaired) electrons. The van der Waals surface area contributed by atoms with Crippen LogP contribution in [0, 0.1) is 13.8 Å². The number of benzene rings is 1. The average molecular weight is 398 g/mol. The third kappa shape index (κ3) is 3.56. The van der Waals surface area contributed by atoms with Crippen molar-refractivity contribution in [2.24, 2.45) is 0 Å². The van der Waals surface area contributed by atoms with E-state index < -0.39 is 11.3 Å². The molecule has 29 heavy (non-hydrogen) atoms. The minimum atomic E-state index is -0.732. The monoisotopic (exact) mass is 397 g/mol. The van der Waals surface area contributed by atoms with Crippen molar-refractivity contribution < 1.29 is 9.90 Å². The summed E-state index contributed by atoms with van der Waals surface area (Å²) in [4.78, 5) is 31.0. The Kier molecular flexibility index (Phi) is 5.57. The van der Waals surface area contributed by atoms with Crippen LogP contribution in [0.3, 0.4) is 0 Å². The fraction of sp³-hybridized carbons (Fsp3) is 0.522. The molecule has 1 aliphatic heterocycles. The zero-order valence-corrected chi connectivity index (χ0v) is 18.2. The molecule has 0 spiro atoms. The van der Waals surface area contributed by atoms with E-state index in [1.807, 2.05) is 6.92 Å². The van der Waals surface area contributed by atoms with E-state index in [0.717, 1.165) is 12.8 Å². The lowest BCUT2D eigenvalue weighted by Crippen LogP contribution is -2.47. The zero-order chi connectivity index (χ0) is 21.5. The van der Waals surface area contributed by atoms with Gasteiger partial charge >= 0.3 is 5.56 Å². The predicted molar refractivity (Wildman–Crippen MR) is 114 cm³/mol. The van der Waals surface area contributed by atoms with Crippen LogP contribution in [0.15, 0.2) is 23.0 Å². The molecular formula is C23H31N3O3. The summed E-state index contributed by atoms with van der Waals surface area (Å²) in [6, 6.07) is 6.52. The number of aromatic hydroxyl groups is 1. The summed E-state index contributed by atoms with van der Waals surface area (Å²) in [5, 5.41) is 10.3. The van der Waals surface area contributed by atoms with E-state index in [9.17, 15) is 14.7 Å². The molecule has 0 unspecified atom stereocenters. The van der Waals surface area contributed by atoms with Gasteiger partial charge in [-0.2, -0.15) is 4.98 Å². The van der Waals surface area contributed by atoms with Crippen LogP contribution >= 0.6 is 0 Å². The molecular weight excluding hydrogens is 366 g/mol. The average Bonchev–Trinajstić information content (AvgIpc) is 2.67. The van der Waals surface area contributed by atoms with E-state index in [4.69, 9.17) is 0 Å². The number of aryl methyl sites for hydroxylation is 2. The van der Waals surface area contributed by atoms with Gasteiger partial charge in [-0.15, -0.1) is 0 Å². The Hall–Kier alpha value is -2.63. The summed E-state index contributed by atoms with van der Waals surface area (Å²) in [7, 11) is 1.69. The fourth-order valence-electron chi connectivity index (χ4n) is 4.48. The van der Waals surface area contributed by atoms with Gasteiger partial charge in [-0.25, -0.2) is 0 Å². The molecule has 0 aliphatic carbocycles. The zero-order valence-electron chi connectivity index (χ0n) is 18.2. The van der Waals surface area contributed by atoms with Crippen molar-refractivity contribution >= 4 is 5.91 Å². The summed E-state index contributed by atoms with van der Waals surface area (Å²) in [5.41, 5.74) is 2.75. The van der Waals surface area contributed by atoms with Gasteiger partial charge < -0.3 is 14.6 Å². The number of carbonyl (C=O) groups is 1. The molecule has 156 valence electrons. The number of nitrogens with zero attached hydrogens (tertiary/aromatic N) is 3. The molecule has 1 N–H and O–H groups in total. The molecule has 2 heterocycles. The molecule has 0 bridgehead atoms. The van der Waals surface area contributed by atoms with Gasteiger partial charge in [0.25, 0.3) is 5.91 Å². The summed E-state index contributed by atoms with van der Waals surface area (Å²) in [6.45, 7) is 10.9. The molecule has 1 amide bonds. The highest BCUT2D eigenvalue weighted by Crippen LogP contribution is 2.37. The van der Waals surface area contributed by atoms with Crippen LogP contribution < -0.4 is 5.56 Å². The van der Waals surface area contributed by atoms with Crippen LogP contribution in [0.2, 0.25) is 0 Å². The number of aromatic nitrogens is 2. The highest BCUT2D eigenvalue weighted by atomic mass is 16.3. The quantitative estimate of drug-likeness (QED) is 0.840. The van der Waals surface area contributed by atoms with Crippen molar-refractivity contribution in [1.29, 1.82) is 0 Å². The molecule has 2 aromatic rings. The van der Waals surface area contributed by atoms with Crippen LogP contribution in [0.1, 0.15) is 66.6 Å². The van der Waals surface area contributed by atoms with E-state index in [-0.39, 0.29) is 23.1 Å². The summed E-state index contributed by atoms with van der Waals surface area (Å²) >= 11 is 0. The number of likely N-dealkylation sites (N-methyl/N-ethyl adjacent to an activating group) is 1. The van der Waals surface area contributed by atoms with Crippen LogP contribution in [0.5, 0.6) is 5.75 Å². The van der Waals surface area contributed by atoms with Gasteiger partial charge in [-0.3, -0.25) is 9.59 Å². The molecule has 1 atom stereocenters. The standard InChI is InChI=1S/C23H31N3O3/c1-7-23(8-2,17-10-14(3)9-15(4)11-17)12-18-24-21(28)20(27)19-22(29)25(6)16(5)13-26(18)19/h9-11,16,27H,7-8,12-13H2,1-6H3/t16-/m0/s1. The van der Waals surface area contributed by atoms with Crippen LogP contribution in [0.4, 0.5) is 0 Å². The number of hydrogen-bond acceptors (Lipinski definition) is 4. The topological polar surface area (TPSA) is 75.4 Å². The van der Waals surface area contributed by atoms with E-state index in [0.29, 0.717) is 18.8 Å². The second kappa shape index (κ2) is 7.65. The molecule has 1 aliphatic rings. The van der Waals surface area contributed by atoms with Crippen LogP contribution in [-0.4, -0.2) is 38.6 Å². The maximum Gasteiger partial charge on any atom is 0.315 e. The maximum absolute atomic E-state index is 12.8. The minimum absolute atomic E-state index is 0.0451. The Morgan fingerprint density at radius 3 is 2.28 bits per heavy atom. The fourth-order valence-corrected chi connectivity index (χ4v) is 4.48. The van der Waals surface area contributed by atoms with Crippen molar-refractivity contribution in [3.8, 4) is 5.75 Å². The second-order valence-electron chi connectivity index (χ2n) is 8.45. The Morgan fingerprint density at radius 2 is 1.72 bits per heavy atom. The van der Waals surface area contributed by atoms with Gasteiger partial charge in [-0.05, 0) is 39.2 Å². The maximum atomic E-state index is 12.8. The first-order chi connectivity index (χ1) is 13.6. The Bertz CT molecular complexity index is 985. The Balaban J connectivity index is 2.19. The molecule has 0 fully saturated rings. The third-order valence-corrected chi connectivity index (χ3v) is 6.55. The molecule has 0 saturated heterocycles. The van der Waals surface area contributed by atoms with E-state index in [2.05, 4.69) is 50.9 Å².